The van der Waals surface area contributed by atoms with Crippen molar-refractivity contribution in [2.75, 3.05) is 6.26 Å². The first-order valence-electron chi connectivity index (χ1n) is 7.30. The summed E-state index contributed by atoms with van der Waals surface area (Å²) < 4.78 is 39.8. The fourth-order valence-corrected chi connectivity index (χ4v) is 2.97. The number of nitrogens with one attached hydrogen (secondary N) is 1. The number of rotatable bonds is 5. The third-order valence-corrected chi connectivity index (χ3v) is 4.30. The Hall–Kier alpha value is -1.73. The van der Waals surface area contributed by atoms with Crippen molar-refractivity contribution in [1.82, 2.24) is 5.48 Å². The zero-order valence-electron chi connectivity index (χ0n) is 13.5. The van der Waals surface area contributed by atoms with Crippen LogP contribution in [0.3, 0.4) is 0 Å². The topological polar surface area (TPSA) is 72.5 Å². The fraction of sp³-hybridized carbons (Fsp3) is 0.438. The molecule has 0 heterocycles. The minimum Gasteiger partial charge on any atom is -0.272 e. The molecule has 0 aliphatic heterocycles. The zero-order chi connectivity index (χ0) is 17.4. The minimum atomic E-state index is -3.76. The van der Waals surface area contributed by atoms with Gasteiger partial charge in [-0.1, -0.05) is 32.9 Å². The molecular formula is C16H20FNO4S. The quantitative estimate of drug-likeness (QED) is 0.836. The summed E-state index contributed by atoms with van der Waals surface area (Å²) in [6.07, 6.45) is 2.79. The van der Waals surface area contributed by atoms with Gasteiger partial charge in [0.05, 0.1) is 6.26 Å². The van der Waals surface area contributed by atoms with E-state index in [1.807, 2.05) is 25.4 Å². The van der Waals surface area contributed by atoms with Crippen LogP contribution in [0, 0.1) is 17.7 Å². The normalized spacial score (nSPS) is 18.5. The molecule has 0 fully saturated rings. The van der Waals surface area contributed by atoms with Gasteiger partial charge in [0.1, 0.15) is 5.82 Å². The number of fused-ring (bicyclic) bond motifs is 1. The van der Waals surface area contributed by atoms with E-state index in [-0.39, 0.29) is 17.7 Å². The molecule has 0 saturated carbocycles. The lowest BCUT2D eigenvalue weighted by Gasteiger charge is -2.18. The molecule has 1 N–H and O–H groups in total. The summed E-state index contributed by atoms with van der Waals surface area (Å²) in [5, 5.41) is 0. The Morgan fingerprint density at radius 1 is 1.30 bits per heavy atom. The maximum absolute atomic E-state index is 13.5. The van der Waals surface area contributed by atoms with Crippen LogP contribution in [0.4, 0.5) is 4.39 Å². The highest BCUT2D eigenvalue weighted by Gasteiger charge is 2.32. The molecule has 1 aliphatic carbocycles. The van der Waals surface area contributed by atoms with Crippen LogP contribution in [-0.4, -0.2) is 20.6 Å². The molecule has 1 aliphatic rings. The molecule has 0 bridgehead atoms. The van der Waals surface area contributed by atoms with Gasteiger partial charge >= 0.3 is 0 Å². The van der Waals surface area contributed by atoms with Gasteiger partial charge in [0.2, 0.25) is 5.91 Å². The number of hydrogen-bond acceptors (Lipinski definition) is 4. The number of carbonyl (C=O) groups excluding carboxylic acids is 1. The number of hydrogen-bond donors (Lipinski definition) is 1. The van der Waals surface area contributed by atoms with Crippen LogP contribution in [0.2, 0.25) is 0 Å². The lowest BCUT2D eigenvalue weighted by molar-refractivity contribution is -0.131. The van der Waals surface area contributed by atoms with Crippen molar-refractivity contribution in [3.63, 3.8) is 0 Å². The Labute approximate surface area is 135 Å². The van der Waals surface area contributed by atoms with E-state index in [2.05, 4.69) is 4.28 Å². The Kier molecular flexibility index (Phi) is 4.91. The second-order valence-electron chi connectivity index (χ2n) is 6.08. The van der Waals surface area contributed by atoms with Crippen molar-refractivity contribution in [2.45, 2.75) is 26.7 Å². The molecule has 7 heteroatoms. The van der Waals surface area contributed by atoms with E-state index in [1.54, 1.807) is 13.0 Å². The lowest BCUT2D eigenvalue weighted by atomic mass is 9.88. The maximum Gasteiger partial charge on any atom is 0.285 e. The fourth-order valence-electron chi connectivity index (χ4n) is 2.73. The molecule has 1 aromatic carbocycles. The number of allylic oxidation sites excluding steroid dienone is 2. The molecule has 0 aromatic heterocycles. The van der Waals surface area contributed by atoms with Crippen LogP contribution in [0.5, 0.6) is 0 Å². The van der Waals surface area contributed by atoms with Crippen LogP contribution < -0.4 is 5.48 Å². The van der Waals surface area contributed by atoms with Gasteiger partial charge in [0, 0.05) is 11.8 Å². The smallest absolute Gasteiger partial charge is 0.272 e. The Bertz CT molecular complexity index is 755. The molecular weight excluding hydrogens is 321 g/mol. The standard InChI is InChI=1S/C16H20FNO4S/c1-9(2)13-8-14(12-6-5-11(17)7-15(12)13)10(3)16(19)18-22-23(4,20)21/h5-10,14H,1-4H3,(H,18,19). The molecule has 1 aromatic rings. The summed E-state index contributed by atoms with van der Waals surface area (Å²) in [6, 6.07) is 4.50. The third-order valence-electron chi connectivity index (χ3n) is 3.91. The summed E-state index contributed by atoms with van der Waals surface area (Å²) in [7, 11) is -3.76. The van der Waals surface area contributed by atoms with Crippen LogP contribution >= 0.6 is 0 Å². The van der Waals surface area contributed by atoms with Crippen LogP contribution in [0.15, 0.2) is 24.3 Å². The van der Waals surface area contributed by atoms with E-state index < -0.39 is 21.9 Å². The first kappa shape index (κ1) is 17.6. The highest BCUT2D eigenvalue weighted by Crippen LogP contribution is 2.43. The highest BCUT2D eigenvalue weighted by molar-refractivity contribution is 7.85. The average molecular weight is 341 g/mol. The molecule has 126 valence electrons. The number of carbonyl (C=O) groups is 1. The molecule has 0 spiro atoms. The Morgan fingerprint density at radius 2 is 1.96 bits per heavy atom. The maximum atomic E-state index is 13.5. The molecule has 0 radical (unpaired) electrons. The molecule has 0 saturated heterocycles. The lowest BCUT2D eigenvalue weighted by Crippen LogP contribution is -2.33. The van der Waals surface area contributed by atoms with Crippen molar-refractivity contribution >= 4 is 21.6 Å². The van der Waals surface area contributed by atoms with Crippen molar-refractivity contribution in [1.29, 1.82) is 0 Å². The molecule has 2 unspecified atom stereocenters. The Balaban J connectivity index is 2.28. The number of amides is 1. The first-order valence-corrected chi connectivity index (χ1v) is 9.11. The minimum absolute atomic E-state index is 0.183. The van der Waals surface area contributed by atoms with Gasteiger partial charge in [-0.25, -0.2) is 9.87 Å². The monoisotopic (exact) mass is 341 g/mol. The molecule has 2 rings (SSSR count). The zero-order valence-corrected chi connectivity index (χ0v) is 14.3. The summed E-state index contributed by atoms with van der Waals surface area (Å²) >= 11 is 0. The molecule has 2 atom stereocenters. The van der Waals surface area contributed by atoms with Crippen molar-refractivity contribution in [3.8, 4) is 0 Å². The summed E-state index contributed by atoms with van der Waals surface area (Å²) in [4.78, 5) is 12.1. The van der Waals surface area contributed by atoms with E-state index in [9.17, 15) is 17.6 Å². The first-order chi connectivity index (χ1) is 10.6. The summed E-state index contributed by atoms with van der Waals surface area (Å²) in [6.45, 7) is 5.68. The number of benzene rings is 1. The predicted octanol–water partition coefficient (Wildman–Crippen LogP) is 2.61. The van der Waals surface area contributed by atoms with Gasteiger partial charge in [0.25, 0.3) is 10.1 Å². The average Bonchev–Trinajstić information content (AvgIpc) is 2.81. The highest BCUT2D eigenvalue weighted by atomic mass is 32.2. The summed E-state index contributed by atoms with van der Waals surface area (Å²) in [5.74, 6) is -1.50. The number of halogens is 1. The van der Waals surface area contributed by atoms with Gasteiger partial charge in [-0.3, -0.25) is 4.79 Å². The van der Waals surface area contributed by atoms with Crippen molar-refractivity contribution in [2.24, 2.45) is 11.8 Å². The summed E-state index contributed by atoms with van der Waals surface area (Å²) in [5.41, 5.74) is 4.59. The van der Waals surface area contributed by atoms with Gasteiger partial charge < -0.3 is 0 Å². The van der Waals surface area contributed by atoms with Gasteiger partial charge in [0.15, 0.2) is 0 Å². The Morgan fingerprint density at radius 3 is 2.52 bits per heavy atom. The largest absolute Gasteiger partial charge is 0.285 e. The van der Waals surface area contributed by atoms with E-state index in [0.29, 0.717) is 0 Å². The van der Waals surface area contributed by atoms with Gasteiger partial charge in [-0.05, 0) is 34.8 Å². The van der Waals surface area contributed by atoms with Crippen molar-refractivity contribution < 1.29 is 21.9 Å². The second-order valence-corrected chi connectivity index (χ2v) is 7.65. The van der Waals surface area contributed by atoms with Gasteiger partial charge in [-0.15, -0.1) is 4.28 Å². The van der Waals surface area contributed by atoms with Crippen LogP contribution in [-0.2, 0) is 19.2 Å². The van der Waals surface area contributed by atoms with E-state index in [0.717, 1.165) is 23.0 Å². The van der Waals surface area contributed by atoms with Gasteiger partial charge in [-0.2, -0.15) is 8.42 Å². The van der Waals surface area contributed by atoms with E-state index in [4.69, 9.17) is 0 Å². The third kappa shape index (κ3) is 3.97. The second kappa shape index (κ2) is 6.41. The van der Waals surface area contributed by atoms with Crippen LogP contribution in [0.25, 0.3) is 5.57 Å². The predicted molar refractivity (Wildman–Crippen MR) is 85.2 cm³/mol. The molecule has 5 nitrogen and oxygen atoms in total. The molecule has 1 amide bonds. The van der Waals surface area contributed by atoms with E-state index in [1.165, 1.54) is 12.1 Å². The van der Waals surface area contributed by atoms with Crippen LogP contribution in [0.1, 0.15) is 37.8 Å². The SMILES string of the molecule is CC(C)C1=CC(C(C)C(=O)NOS(C)(=O)=O)c2ccc(F)cc21. The van der Waals surface area contributed by atoms with Crippen molar-refractivity contribution in [3.05, 3.63) is 41.2 Å². The molecule has 23 heavy (non-hydrogen) atoms. The van der Waals surface area contributed by atoms with E-state index >= 15 is 0 Å². The number of hydroxylamine groups is 1.